The van der Waals surface area contributed by atoms with Gasteiger partial charge >= 0.3 is 11.9 Å². The van der Waals surface area contributed by atoms with Gasteiger partial charge in [0.15, 0.2) is 12.3 Å². The first-order valence-corrected chi connectivity index (χ1v) is 19.6. The molecule has 1 amide bonds. The zero-order valence-corrected chi connectivity index (χ0v) is 31.8. The van der Waals surface area contributed by atoms with Gasteiger partial charge in [0, 0.05) is 41.1 Å². The number of carbonyl (C=O) groups excluding carboxylic acids is 1. The van der Waals surface area contributed by atoms with E-state index in [-0.39, 0.29) is 24.1 Å². The lowest BCUT2D eigenvalue weighted by Crippen LogP contribution is -2.42. The number of fused-ring (bicyclic) bond motifs is 4. The Balaban J connectivity index is 1.37. The number of rotatable bonds is 16. The lowest BCUT2D eigenvalue weighted by atomic mass is 9.79. The van der Waals surface area contributed by atoms with Crippen molar-refractivity contribution >= 4 is 55.8 Å². The number of hydrogen-bond acceptors (Lipinski definition) is 6. The van der Waals surface area contributed by atoms with E-state index in [4.69, 9.17) is 5.11 Å². The van der Waals surface area contributed by atoms with Gasteiger partial charge in [0.2, 0.25) is 11.6 Å². The van der Waals surface area contributed by atoms with Crippen LogP contribution >= 0.6 is 0 Å². The summed E-state index contributed by atoms with van der Waals surface area (Å²) in [6, 6.07) is 18.9. The highest BCUT2D eigenvalue weighted by Gasteiger charge is 2.45. The van der Waals surface area contributed by atoms with Crippen LogP contribution in [0.4, 0.5) is 11.4 Å². The number of carboxylic acids is 2. The third kappa shape index (κ3) is 8.88. The van der Waals surface area contributed by atoms with E-state index < -0.39 is 45.8 Å². The Morgan fingerprint density at radius 1 is 0.870 bits per heavy atom. The van der Waals surface area contributed by atoms with Crippen molar-refractivity contribution in [1.82, 2.24) is 5.32 Å². The van der Waals surface area contributed by atoms with Crippen LogP contribution in [0.1, 0.15) is 64.5 Å². The van der Waals surface area contributed by atoms with Crippen molar-refractivity contribution < 1.29 is 42.1 Å². The van der Waals surface area contributed by atoms with Crippen LogP contribution < -0.4 is 10.2 Å². The summed E-state index contributed by atoms with van der Waals surface area (Å²) in [5, 5.41) is 23.0. The molecule has 2 heterocycles. The predicted molar refractivity (Wildman–Crippen MR) is 211 cm³/mol. The average Bonchev–Trinajstić information content (AvgIpc) is 3.46. The molecule has 1 unspecified atom stereocenters. The molecule has 3 aromatic rings. The van der Waals surface area contributed by atoms with Crippen LogP contribution in [-0.4, -0.2) is 76.2 Å². The van der Waals surface area contributed by atoms with Gasteiger partial charge in [-0.2, -0.15) is 13.0 Å². The minimum Gasteiger partial charge on any atom is -0.481 e. The summed E-state index contributed by atoms with van der Waals surface area (Å²) in [5.74, 6) is -3.54. The fourth-order valence-corrected chi connectivity index (χ4v) is 8.12. The van der Waals surface area contributed by atoms with Gasteiger partial charge in [-0.3, -0.25) is 14.1 Å². The van der Waals surface area contributed by atoms with Crippen LogP contribution in [0.5, 0.6) is 0 Å². The van der Waals surface area contributed by atoms with Gasteiger partial charge in [0.1, 0.15) is 6.04 Å². The smallest absolute Gasteiger partial charge is 0.326 e. The molecule has 5 rings (SSSR count). The van der Waals surface area contributed by atoms with E-state index in [1.807, 2.05) is 72.9 Å². The van der Waals surface area contributed by atoms with Crippen molar-refractivity contribution in [3.63, 3.8) is 0 Å². The summed E-state index contributed by atoms with van der Waals surface area (Å²) < 4.78 is 33.8. The first kappa shape index (κ1) is 39.9. The number of para-hydroxylation sites is 1. The molecule has 12 heteroatoms. The third-order valence-electron chi connectivity index (χ3n) is 10.1. The molecule has 0 saturated heterocycles. The standard InChI is InChI=1S/C42H47N3O8S/c1-41(2)31-18-12-13-19-33(31)44(25-14-15-27-54(51,52)53)35(41)20-8-6-5-7-9-21-36-42(3,4)39-30-17-11-10-16-29(30)22-23-34(39)45(36)26-24-37(46)43-32(40(49)50)28-38(47)48/h5-13,16-23,32H,14-15,24-28H2,1-4H3,(H3-,43,46,47,48,49,50,51,52,53)/p+1. The summed E-state index contributed by atoms with van der Waals surface area (Å²) in [4.78, 5) is 37.8. The summed E-state index contributed by atoms with van der Waals surface area (Å²) in [7, 11) is -4.01. The second-order valence-corrected chi connectivity index (χ2v) is 16.2. The van der Waals surface area contributed by atoms with Gasteiger partial charge in [-0.05, 0) is 61.2 Å². The quantitative estimate of drug-likeness (QED) is 0.0541. The highest BCUT2D eigenvalue weighted by atomic mass is 32.2. The van der Waals surface area contributed by atoms with Gasteiger partial charge < -0.3 is 20.4 Å². The number of anilines is 1. The molecule has 2 aliphatic rings. The van der Waals surface area contributed by atoms with Crippen molar-refractivity contribution in [2.24, 2.45) is 0 Å². The fraction of sp³-hybridized carbons (Fsp3) is 0.333. The minimum atomic E-state index is -4.01. The van der Waals surface area contributed by atoms with Gasteiger partial charge in [-0.15, -0.1) is 0 Å². The third-order valence-corrected chi connectivity index (χ3v) is 10.9. The van der Waals surface area contributed by atoms with Gasteiger partial charge in [0.25, 0.3) is 10.1 Å². The van der Waals surface area contributed by atoms with Crippen molar-refractivity contribution in [2.75, 3.05) is 23.7 Å². The Morgan fingerprint density at radius 2 is 1.56 bits per heavy atom. The summed E-state index contributed by atoms with van der Waals surface area (Å²) >= 11 is 0. The van der Waals surface area contributed by atoms with Crippen molar-refractivity contribution in [2.45, 2.75) is 70.3 Å². The molecule has 0 aliphatic carbocycles. The van der Waals surface area contributed by atoms with Crippen LogP contribution in [0.3, 0.4) is 0 Å². The lowest BCUT2D eigenvalue weighted by molar-refractivity contribution is -0.436. The Hall–Kier alpha value is -5.33. The van der Waals surface area contributed by atoms with Gasteiger partial charge in [0.05, 0.1) is 24.0 Å². The van der Waals surface area contributed by atoms with E-state index in [2.05, 4.69) is 72.8 Å². The number of nitrogens with zero attached hydrogens (tertiary/aromatic N) is 2. The van der Waals surface area contributed by atoms with Crippen molar-refractivity contribution in [3.8, 4) is 0 Å². The van der Waals surface area contributed by atoms with E-state index >= 15 is 0 Å². The molecule has 1 atom stereocenters. The maximum absolute atomic E-state index is 12.9. The van der Waals surface area contributed by atoms with Crippen LogP contribution in [0.2, 0.25) is 0 Å². The number of carboxylic acid groups (broad SMARTS) is 2. The topological polar surface area (TPSA) is 164 Å². The molecule has 0 aromatic heterocycles. The zero-order valence-electron chi connectivity index (χ0n) is 31.0. The van der Waals surface area contributed by atoms with E-state index in [1.54, 1.807) is 0 Å². The SMILES string of the molecule is CC1(C)C(/C=C/C=C/C=C/C=C2/N(CCCCS(=O)(=O)O)c3ccccc3C2(C)C)=[N+](CCC(=O)NC(CC(=O)O)C(=O)O)c2ccc3ccccc3c21. The van der Waals surface area contributed by atoms with E-state index in [1.165, 1.54) is 5.56 Å². The zero-order chi connectivity index (χ0) is 39.3. The molecule has 0 bridgehead atoms. The Kier molecular flexibility index (Phi) is 12.1. The molecular formula is C42H48N3O8S+. The van der Waals surface area contributed by atoms with Crippen LogP contribution in [-0.2, 0) is 35.3 Å². The molecule has 0 fully saturated rings. The van der Waals surface area contributed by atoms with Crippen LogP contribution in [0.25, 0.3) is 10.8 Å². The van der Waals surface area contributed by atoms with Gasteiger partial charge in [-0.1, -0.05) is 86.7 Å². The van der Waals surface area contributed by atoms with Gasteiger partial charge in [-0.25, -0.2) is 4.79 Å². The molecule has 2 aliphatic heterocycles. The number of allylic oxidation sites excluding steroid dienone is 8. The second kappa shape index (κ2) is 16.4. The van der Waals surface area contributed by atoms with Crippen molar-refractivity contribution in [3.05, 3.63) is 120 Å². The molecule has 3 aromatic carbocycles. The fourth-order valence-electron chi connectivity index (χ4n) is 7.55. The predicted octanol–water partition coefficient (Wildman–Crippen LogP) is 6.67. The maximum atomic E-state index is 12.9. The molecule has 0 spiro atoms. The second-order valence-electron chi connectivity index (χ2n) is 14.6. The Morgan fingerprint density at radius 3 is 2.28 bits per heavy atom. The molecule has 54 heavy (non-hydrogen) atoms. The number of amides is 1. The molecule has 11 nitrogen and oxygen atoms in total. The number of hydrogen-bond donors (Lipinski definition) is 4. The Bertz CT molecular complexity index is 2210. The maximum Gasteiger partial charge on any atom is 0.326 e. The monoisotopic (exact) mass is 754 g/mol. The molecule has 0 radical (unpaired) electrons. The molecule has 4 N–H and O–H groups in total. The highest BCUT2D eigenvalue weighted by molar-refractivity contribution is 7.85. The van der Waals surface area contributed by atoms with E-state index in [0.717, 1.165) is 39.1 Å². The number of nitrogens with one attached hydrogen (secondary N) is 1. The van der Waals surface area contributed by atoms with E-state index in [0.29, 0.717) is 19.4 Å². The number of unbranched alkanes of at least 4 members (excludes halogenated alkanes) is 1. The summed E-state index contributed by atoms with van der Waals surface area (Å²) in [6.45, 7) is 9.47. The number of benzene rings is 3. The summed E-state index contributed by atoms with van der Waals surface area (Å²) in [6.07, 6.45) is 14.0. The van der Waals surface area contributed by atoms with Crippen molar-refractivity contribution in [1.29, 1.82) is 0 Å². The summed E-state index contributed by atoms with van der Waals surface area (Å²) in [5.41, 5.74) is 5.65. The normalized spacial score (nSPS) is 17.6. The first-order valence-electron chi connectivity index (χ1n) is 18.0. The number of carbonyl (C=O) groups is 3. The molecule has 284 valence electrons. The number of aliphatic carboxylic acids is 2. The van der Waals surface area contributed by atoms with Crippen LogP contribution in [0, 0.1) is 0 Å². The average molecular weight is 755 g/mol. The molecular weight excluding hydrogens is 707 g/mol. The molecule has 0 saturated carbocycles. The minimum absolute atomic E-state index is 0.0475. The highest BCUT2D eigenvalue weighted by Crippen LogP contribution is 2.48. The van der Waals surface area contributed by atoms with Crippen LogP contribution in [0.15, 0.2) is 109 Å². The largest absolute Gasteiger partial charge is 0.481 e. The van der Waals surface area contributed by atoms with E-state index in [9.17, 15) is 32.5 Å². The Labute approximate surface area is 316 Å². The first-order chi connectivity index (χ1) is 25.5. The lowest BCUT2D eigenvalue weighted by Gasteiger charge is -2.27.